The van der Waals surface area contributed by atoms with E-state index in [0.29, 0.717) is 11.4 Å². The zero-order valence-corrected chi connectivity index (χ0v) is 10.9. The molecule has 0 radical (unpaired) electrons. The molecule has 0 atom stereocenters. The first-order valence-corrected chi connectivity index (χ1v) is 5.73. The Morgan fingerprint density at radius 1 is 1.06 bits per heavy atom. The third-order valence-corrected chi connectivity index (χ3v) is 2.86. The number of benzene rings is 1. The summed E-state index contributed by atoms with van der Waals surface area (Å²) in [4.78, 5) is 9.93. The molecule has 0 aliphatic heterocycles. The number of halogens is 1. The number of nitrogens with zero attached hydrogens (tertiary/aromatic N) is 3. The summed E-state index contributed by atoms with van der Waals surface area (Å²) in [5.41, 5.74) is 14.3. The fraction of sp³-hybridized carbons (Fsp3) is 0.167. The fourth-order valence-corrected chi connectivity index (χ4v) is 1.77. The third-order valence-electron chi connectivity index (χ3n) is 2.57. The SMILES string of the molecule is CN(C)c1ccc(-c2nc(N)nc(Cl)c2N)cc1. The minimum atomic E-state index is 0.112. The Kier molecular flexibility index (Phi) is 3.25. The average Bonchev–Trinajstić information content (AvgIpc) is 2.34. The van der Waals surface area contributed by atoms with Crippen LogP contribution in [0.4, 0.5) is 17.3 Å². The van der Waals surface area contributed by atoms with Gasteiger partial charge in [-0.15, -0.1) is 0 Å². The number of aromatic nitrogens is 2. The summed E-state index contributed by atoms with van der Waals surface area (Å²) >= 11 is 5.89. The molecule has 1 aromatic carbocycles. The van der Waals surface area contributed by atoms with E-state index >= 15 is 0 Å². The molecular formula is C12H14ClN5. The fourth-order valence-electron chi connectivity index (χ4n) is 1.60. The molecule has 0 bridgehead atoms. The first kappa shape index (κ1) is 12.4. The zero-order chi connectivity index (χ0) is 13.3. The second-order valence-electron chi connectivity index (χ2n) is 4.08. The lowest BCUT2D eigenvalue weighted by atomic mass is 10.1. The molecule has 1 heterocycles. The van der Waals surface area contributed by atoms with Crippen LogP contribution in [0.1, 0.15) is 0 Å². The topological polar surface area (TPSA) is 81.1 Å². The van der Waals surface area contributed by atoms with Gasteiger partial charge in [0.2, 0.25) is 5.95 Å². The van der Waals surface area contributed by atoms with Gasteiger partial charge in [0, 0.05) is 25.3 Å². The van der Waals surface area contributed by atoms with Gasteiger partial charge in [-0.1, -0.05) is 23.7 Å². The van der Waals surface area contributed by atoms with Crippen LogP contribution >= 0.6 is 11.6 Å². The van der Waals surface area contributed by atoms with Gasteiger partial charge in [-0.3, -0.25) is 0 Å². The molecular weight excluding hydrogens is 250 g/mol. The van der Waals surface area contributed by atoms with Gasteiger partial charge >= 0.3 is 0 Å². The van der Waals surface area contributed by atoms with Crippen LogP contribution in [0.25, 0.3) is 11.3 Å². The first-order chi connectivity index (χ1) is 8.49. The van der Waals surface area contributed by atoms with Gasteiger partial charge in [-0.2, -0.15) is 4.98 Å². The van der Waals surface area contributed by atoms with E-state index in [9.17, 15) is 0 Å². The van der Waals surface area contributed by atoms with Crippen molar-refractivity contribution in [2.24, 2.45) is 0 Å². The molecule has 2 aromatic rings. The van der Waals surface area contributed by atoms with Crippen molar-refractivity contribution < 1.29 is 0 Å². The molecule has 0 fully saturated rings. The Labute approximate surface area is 110 Å². The Hall–Kier alpha value is -2.01. The maximum Gasteiger partial charge on any atom is 0.222 e. The highest BCUT2D eigenvalue weighted by molar-refractivity contribution is 6.32. The third kappa shape index (κ3) is 2.31. The molecule has 5 nitrogen and oxygen atoms in total. The molecule has 0 spiro atoms. The van der Waals surface area contributed by atoms with Crippen LogP contribution in [0.3, 0.4) is 0 Å². The Morgan fingerprint density at radius 2 is 1.67 bits per heavy atom. The van der Waals surface area contributed by atoms with Crippen molar-refractivity contribution >= 4 is 28.9 Å². The highest BCUT2D eigenvalue weighted by Crippen LogP contribution is 2.30. The second-order valence-corrected chi connectivity index (χ2v) is 4.43. The number of hydrogen-bond donors (Lipinski definition) is 2. The molecule has 0 aliphatic carbocycles. The van der Waals surface area contributed by atoms with E-state index in [4.69, 9.17) is 23.1 Å². The number of rotatable bonds is 2. The van der Waals surface area contributed by atoms with E-state index in [1.807, 2.05) is 43.3 Å². The Balaban J connectivity index is 2.49. The van der Waals surface area contributed by atoms with Crippen molar-refractivity contribution in [2.75, 3.05) is 30.5 Å². The van der Waals surface area contributed by atoms with Crippen molar-refractivity contribution in [3.05, 3.63) is 29.4 Å². The van der Waals surface area contributed by atoms with Gasteiger partial charge in [-0.25, -0.2) is 4.98 Å². The minimum Gasteiger partial charge on any atom is -0.394 e. The van der Waals surface area contributed by atoms with Gasteiger partial charge in [0.15, 0.2) is 5.15 Å². The van der Waals surface area contributed by atoms with Gasteiger partial charge in [0.25, 0.3) is 0 Å². The van der Waals surface area contributed by atoms with E-state index in [1.54, 1.807) is 0 Å². The van der Waals surface area contributed by atoms with E-state index < -0.39 is 0 Å². The molecule has 0 aliphatic rings. The zero-order valence-electron chi connectivity index (χ0n) is 10.2. The molecule has 1 aromatic heterocycles. The largest absolute Gasteiger partial charge is 0.394 e. The van der Waals surface area contributed by atoms with Gasteiger partial charge in [0.05, 0.1) is 5.69 Å². The highest BCUT2D eigenvalue weighted by atomic mass is 35.5. The smallest absolute Gasteiger partial charge is 0.222 e. The lowest BCUT2D eigenvalue weighted by Gasteiger charge is -2.13. The van der Waals surface area contributed by atoms with Crippen molar-refractivity contribution in [2.45, 2.75) is 0 Å². The van der Waals surface area contributed by atoms with Crippen LogP contribution < -0.4 is 16.4 Å². The minimum absolute atomic E-state index is 0.112. The van der Waals surface area contributed by atoms with Crippen molar-refractivity contribution in [3.8, 4) is 11.3 Å². The summed E-state index contributed by atoms with van der Waals surface area (Å²) in [6.45, 7) is 0. The Bertz CT molecular complexity index is 565. The molecule has 4 N–H and O–H groups in total. The van der Waals surface area contributed by atoms with E-state index in [2.05, 4.69) is 9.97 Å². The maximum absolute atomic E-state index is 5.89. The van der Waals surface area contributed by atoms with Gasteiger partial charge in [0.1, 0.15) is 5.69 Å². The molecule has 6 heteroatoms. The Morgan fingerprint density at radius 3 is 2.22 bits per heavy atom. The number of nitrogens with two attached hydrogens (primary N) is 2. The summed E-state index contributed by atoms with van der Waals surface area (Å²) in [7, 11) is 3.95. The molecule has 0 saturated carbocycles. The normalized spacial score (nSPS) is 10.4. The van der Waals surface area contributed by atoms with E-state index in [-0.39, 0.29) is 11.1 Å². The first-order valence-electron chi connectivity index (χ1n) is 5.35. The summed E-state index contributed by atoms with van der Waals surface area (Å²) in [5, 5.41) is 0.175. The maximum atomic E-state index is 5.89. The highest BCUT2D eigenvalue weighted by Gasteiger charge is 2.11. The quantitative estimate of drug-likeness (QED) is 0.811. The van der Waals surface area contributed by atoms with Crippen LogP contribution in [-0.2, 0) is 0 Å². The van der Waals surface area contributed by atoms with Crippen LogP contribution in [0.2, 0.25) is 5.15 Å². The van der Waals surface area contributed by atoms with Gasteiger partial charge < -0.3 is 16.4 Å². The van der Waals surface area contributed by atoms with Crippen molar-refractivity contribution in [1.29, 1.82) is 0 Å². The lowest BCUT2D eigenvalue weighted by molar-refractivity contribution is 1.13. The summed E-state index contributed by atoms with van der Waals surface area (Å²) in [6.07, 6.45) is 0. The molecule has 94 valence electrons. The average molecular weight is 264 g/mol. The lowest BCUT2D eigenvalue weighted by Crippen LogP contribution is -2.08. The molecule has 0 amide bonds. The van der Waals surface area contributed by atoms with Crippen molar-refractivity contribution in [1.82, 2.24) is 9.97 Å². The standard InChI is InChI=1S/C12H14ClN5/c1-18(2)8-5-3-7(4-6-8)10-9(14)11(13)17-12(15)16-10/h3-6H,14H2,1-2H3,(H2,15,16,17). The monoisotopic (exact) mass is 263 g/mol. The van der Waals surface area contributed by atoms with Crippen LogP contribution in [-0.4, -0.2) is 24.1 Å². The van der Waals surface area contributed by atoms with E-state index in [0.717, 1.165) is 11.3 Å². The molecule has 0 saturated heterocycles. The number of anilines is 3. The van der Waals surface area contributed by atoms with Crippen LogP contribution in [0, 0.1) is 0 Å². The van der Waals surface area contributed by atoms with Crippen LogP contribution in [0.15, 0.2) is 24.3 Å². The van der Waals surface area contributed by atoms with Crippen LogP contribution in [0.5, 0.6) is 0 Å². The summed E-state index contributed by atoms with van der Waals surface area (Å²) in [5.74, 6) is 0.112. The molecule has 2 rings (SSSR count). The van der Waals surface area contributed by atoms with Gasteiger partial charge in [-0.05, 0) is 12.1 Å². The predicted molar refractivity (Wildman–Crippen MR) is 75.6 cm³/mol. The molecule has 0 unspecified atom stereocenters. The summed E-state index contributed by atoms with van der Waals surface area (Å²) < 4.78 is 0. The second kappa shape index (κ2) is 4.70. The number of nitrogen functional groups attached to an aromatic ring is 2. The van der Waals surface area contributed by atoms with E-state index in [1.165, 1.54) is 0 Å². The number of hydrogen-bond acceptors (Lipinski definition) is 5. The summed E-state index contributed by atoms with van der Waals surface area (Å²) in [6, 6.07) is 7.79. The molecule has 18 heavy (non-hydrogen) atoms. The predicted octanol–water partition coefficient (Wildman–Crippen LogP) is 2.03. The van der Waals surface area contributed by atoms with Crippen molar-refractivity contribution in [3.63, 3.8) is 0 Å².